The van der Waals surface area contributed by atoms with Crippen LogP contribution in [-0.4, -0.2) is 24.4 Å². The molecule has 0 aliphatic heterocycles. The lowest BCUT2D eigenvalue weighted by Gasteiger charge is -2.09. The molecule has 5 nitrogen and oxygen atoms in total. The fourth-order valence-corrected chi connectivity index (χ4v) is 2.06. The Bertz CT molecular complexity index is 540. The second kappa shape index (κ2) is 4.82. The monoisotopic (exact) mass is 345 g/mol. The Kier molecular flexibility index (Phi) is 3.41. The highest BCUT2D eigenvalue weighted by molar-refractivity contribution is 14.1. The van der Waals surface area contributed by atoms with E-state index in [1.165, 1.54) is 0 Å². The summed E-state index contributed by atoms with van der Waals surface area (Å²) in [5, 5.41) is 6.87. The van der Waals surface area contributed by atoms with E-state index >= 15 is 0 Å². The van der Waals surface area contributed by atoms with Gasteiger partial charge in [0, 0.05) is 11.6 Å². The summed E-state index contributed by atoms with van der Waals surface area (Å²) in [6, 6.07) is 5.60. The first-order valence-electron chi connectivity index (χ1n) is 4.89. The first kappa shape index (κ1) is 12.0. The first-order valence-corrected chi connectivity index (χ1v) is 5.97. The van der Waals surface area contributed by atoms with Gasteiger partial charge in [-0.3, -0.25) is 5.10 Å². The molecule has 0 aliphatic carbocycles. The largest absolute Gasteiger partial charge is 0.497 e. The van der Waals surface area contributed by atoms with Gasteiger partial charge in [-0.25, -0.2) is 0 Å². The summed E-state index contributed by atoms with van der Waals surface area (Å²) < 4.78 is 11.4. The van der Waals surface area contributed by atoms with Crippen molar-refractivity contribution in [2.24, 2.45) is 0 Å². The number of hydrogen-bond acceptors (Lipinski definition) is 4. The van der Waals surface area contributed by atoms with Gasteiger partial charge in [0.1, 0.15) is 11.5 Å². The first-order chi connectivity index (χ1) is 8.17. The third-order valence-corrected chi connectivity index (χ3v) is 3.50. The molecule has 6 heteroatoms. The molecule has 2 aromatic rings. The maximum Gasteiger partial charge on any atom is 0.159 e. The molecular formula is C11H12IN3O2. The van der Waals surface area contributed by atoms with Crippen molar-refractivity contribution in [2.45, 2.75) is 0 Å². The van der Waals surface area contributed by atoms with E-state index in [0.717, 1.165) is 20.6 Å². The van der Waals surface area contributed by atoms with Crippen molar-refractivity contribution < 1.29 is 9.47 Å². The molecule has 0 saturated heterocycles. The fourth-order valence-electron chi connectivity index (χ4n) is 1.53. The highest BCUT2D eigenvalue weighted by Gasteiger charge is 2.14. The zero-order valence-corrected chi connectivity index (χ0v) is 11.6. The maximum absolute atomic E-state index is 5.71. The van der Waals surface area contributed by atoms with Gasteiger partial charge in [-0.1, -0.05) is 0 Å². The minimum Gasteiger partial charge on any atom is -0.497 e. The number of nitrogens with one attached hydrogen (secondary N) is 1. The van der Waals surface area contributed by atoms with Crippen LogP contribution in [0, 0.1) is 3.57 Å². The Morgan fingerprint density at radius 2 is 2.06 bits per heavy atom. The van der Waals surface area contributed by atoms with Crippen molar-refractivity contribution in [3.05, 3.63) is 21.8 Å². The molecule has 0 fully saturated rings. The lowest BCUT2D eigenvalue weighted by Crippen LogP contribution is -1.92. The number of anilines is 1. The summed E-state index contributed by atoms with van der Waals surface area (Å²) >= 11 is 2.15. The van der Waals surface area contributed by atoms with Crippen LogP contribution in [0.4, 0.5) is 5.82 Å². The van der Waals surface area contributed by atoms with Crippen molar-refractivity contribution in [3.63, 3.8) is 0 Å². The zero-order chi connectivity index (χ0) is 12.4. The summed E-state index contributed by atoms with van der Waals surface area (Å²) in [6.45, 7) is 0. The average Bonchev–Trinajstić information content (AvgIpc) is 2.69. The molecule has 0 spiro atoms. The summed E-state index contributed by atoms with van der Waals surface area (Å²) in [5.74, 6) is 1.94. The lowest BCUT2D eigenvalue weighted by molar-refractivity contribution is 0.395. The Hall–Kier alpha value is -1.44. The number of halogens is 1. The number of benzene rings is 1. The summed E-state index contributed by atoms with van der Waals surface area (Å²) in [5.41, 5.74) is 7.46. The third kappa shape index (κ3) is 2.17. The highest BCUT2D eigenvalue weighted by Crippen LogP contribution is 2.35. The van der Waals surface area contributed by atoms with Crippen molar-refractivity contribution in [3.8, 4) is 22.8 Å². The van der Waals surface area contributed by atoms with E-state index in [1.54, 1.807) is 14.2 Å². The predicted molar refractivity (Wildman–Crippen MR) is 74.3 cm³/mol. The Labute approximate surface area is 112 Å². The molecule has 0 saturated carbocycles. The van der Waals surface area contributed by atoms with E-state index < -0.39 is 0 Å². The third-order valence-electron chi connectivity index (χ3n) is 2.41. The molecule has 2 rings (SSSR count). The molecule has 0 unspecified atom stereocenters. The normalized spacial score (nSPS) is 10.3. The number of nitrogens with zero attached hydrogens (tertiary/aromatic N) is 1. The molecular weight excluding hydrogens is 333 g/mol. The van der Waals surface area contributed by atoms with Gasteiger partial charge >= 0.3 is 0 Å². The Morgan fingerprint density at radius 3 is 2.59 bits per heavy atom. The van der Waals surface area contributed by atoms with Crippen molar-refractivity contribution in [1.29, 1.82) is 0 Å². The van der Waals surface area contributed by atoms with Gasteiger partial charge in [-0.15, -0.1) is 0 Å². The highest BCUT2D eigenvalue weighted by atomic mass is 127. The number of hydrogen-bond donors (Lipinski definition) is 2. The number of rotatable bonds is 3. The van der Waals surface area contributed by atoms with Crippen molar-refractivity contribution in [2.75, 3.05) is 20.0 Å². The van der Waals surface area contributed by atoms with E-state index in [4.69, 9.17) is 15.2 Å². The lowest BCUT2D eigenvalue weighted by atomic mass is 10.1. The van der Waals surface area contributed by atoms with E-state index in [1.807, 2.05) is 18.2 Å². The Balaban J connectivity index is 2.55. The SMILES string of the molecule is COc1ccc(-c2[nH]nc(N)c2I)c(OC)c1. The number of aromatic nitrogens is 2. The van der Waals surface area contributed by atoms with Crippen LogP contribution in [0.15, 0.2) is 18.2 Å². The number of ether oxygens (including phenoxy) is 2. The van der Waals surface area contributed by atoms with Crippen LogP contribution in [0.5, 0.6) is 11.5 Å². The van der Waals surface area contributed by atoms with Crippen LogP contribution >= 0.6 is 22.6 Å². The molecule has 1 aromatic carbocycles. The molecule has 0 aliphatic rings. The standard InChI is InChI=1S/C11H12IN3O2/c1-16-6-3-4-7(8(5-6)17-2)10-9(12)11(13)15-14-10/h3-5H,1-2H3,(H3,13,14,15). The van der Waals surface area contributed by atoms with Crippen molar-refractivity contribution in [1.82, 2.24) is 10.2 Å². The second-order valence-corrected chi connectivity index (χ2v) is 4.44. The molecule has 0 amide bonds. The van der Waals surface area contributed by atoms with Crippen LogP contribution in [0.2, 0.25) is 0 Å². The number of H-pyrrole nitrogens is 1. The van der Waals surface area contributed by atoms with Gasteiger partial charge in [0.25, 0.3) is 0 Å². The number of methoxy groups -OCH3 is 2. The summed E-state index contributed by atoms with van der Waals surface area (Å²) in [4.78, 5) is 0. The van der Waals surface area contributed by atoms with E-state index in [2.05, 4.69) is 32.8 Å². The van der Waals surface area contributed by atoms with Crippen LogP contribution in [0.3, 0.4) is 0 Å². The summed E-state index contributed by atoms with van der Waals surface area (Å²) in [6.07, 6.45) is 0. The van der Waals surface area contributed by atoms with Gasteiger partial charge in [0.2, 0.25) is 0 Å². The summed E-state index contributed by atoms with van der Waals surface area (Å²) in [7, 11) is 3.23. The zero-order valence-electron chi connectivity index (χ0n) is 9.45. The van der Waals surface area contributed by atoms with Crippen LogP contribution in [0.1, 0.15) is 0 Å². The molecule has 17 heavy (non-hydrogen) atoms. The maximum atomic E-state index is 5.71. The van der Waals surface area contributed by atoms with Gasteiger partial charge < -0.3 is 15.2 Å². The smallest absolute Gasteiger partial charge is 0.159 e. The van der Waals surface area contributed by atoms with Gasteiger partial charge in [-0.2, -0.15) is 5.10 Å². The molecule has 0 radical (unpaired) electrons. The minimum absolute atomic E-state index is 0.485. The van der Waals surface area contributed by atoms with Crippen molar-refractivity contribution >= 4 is 28.4 Å². The topological polar surface area (TPSA) is 73.2 Å². The number of aromatic amines is 1. The minimum atomic E-state index is 0.485. The van der Waals surface area contributed by atoms with E-state index in [9.17, 15) is 0 Å². The van der Waals surface area contributed by atoms with E-state index in [0.29, 0.717) is 11.6 Å². The second-order valence-electron chi connectivity index (χ2n) is 3.36. The molecule has 90 valence electrons. The average molecular weight is 345 g/mol. The van der Waals surface area contributed by atoms with Crippen LogP contribution in [-0.2, 0) is 0 Å². The number of nitrogen functional groups attached to an aromatic ring is 1. The van der Waals surface area contributed by atoms with Gasteiger partial charge in [0.15, 0.2) is 5.82 Å². The molecule has 3 N–H and O–H groups in total. The molecule has 1 heterocycles. The van der Waals surface area contributed by atoms with Gasteiger partial charge in [0.05, 0.1) is 23.5 Å². The molecule has 0 atom stereocenters. The molecule has 1 aromatic heterocycles. The van der Waals surface area contributed by atoms with Crippen LogP contribution in [0.25, 0.3) is 11.3 Å². The predicted octanol–water partition coefficient (Wildman–Crippen LogP) is 2.28. The fraction of sp³-hybridized carbons (Fsp3) is 0.182. The number of nitrogens with two attached hydrogens (primary N) is 1. The van der Waals surface area contributed by atoms with Gasteiger partial charge in [-0.05, 0) is 34.7 Å². The van der Waals surface area contributed by atoms with E-state index in [-0.39, 0.29) is 0 Å². The quantitative estimate of drug-likeness (QED) is 0.838. The molecule has 0 bridgehead atoms. The Morgan fingerprint density at radius 1 is 1.29 bits per heavy atom. The van der Waals surface area contributed by atoms with Crippen LogP contribution < -0.4 is 15.2 Å².